The average Bonchev–Trinajstić information content (AvgIpc) is 3.03. The number of hydrogen-bond donors (Lipinski definition) is 4. The first-order valence-electron chi connectivity index (χ1n) is 10.9. The van der Waals surface area contributed by atoms with Crippen molar-refractivity contribution in [3.8, 4) is 5.75 Å². The van der Waals surface area contributed by atoms with E-state index in [4.69, 9.17) is 25.2 Å². The monoisotopic (exact) mass is 493 g/mol. The Morgan fingerprint density at radius 3 is 1.91 bits per heavy atom. The molecule has 0 spiro atoms. The van der Waals surface area contributed by atoms with Gasteiger partial charge in [0.05, 0.1) is 24.7 Å². The van der Waals surface area contributed by atoms with Gasteiger partial charge in [-0.15, -0.1) is 0 Å². The van der Waals surface area contributed by atoms with Crippen LogP contribution >= 0.6 is 0 Å². The van der Waals surface area contributed by atoms with E-state index in [0.717, 1.165) is 24.9 Å². The fourth-order valence-corrected chi connectivity index (χ4v) is 3.65. The molecule has 12 heteroatoms. The van der Waals surface area contributed by atoms with E-state index in [1.165, 1.54) is 24.9 Å². The van der Waals surface area contributed by atoms with Crippen molar-refractivity contribution >= 4 is 29.6 Å². The Kier molecular flexibility index (Phi) is 12.5. The summed E-state index contributed by atoms with van der Waals surface area (Å²) < 4.78 is 5.55. The van der Waals surface area contributed by atoms with E-state index in [-0.39, 0.29) is 0 Å². The number of anilines is 1. The Morgan fingerprint density at radius 2 is 1.43 bits per heavy atom. The number of carbonyl (C=O) groups is 4. The van der Waals surface area contributed by atoms with Crippen molar-refractivity contribution in [1.82, 2.24) is 9.88 Å². The zero-order valence-corrected chi connectivity index (χ0v) is 19.6. The first-order valence-corrected chi connectivity index (χ1v) is 10.9. The lowest BCUT2D eigenvalue weighted by Gasteiger charge is -2.27. The van der Waals surface area contributed by atoms with Gasteiger partial charge in [0.1, 0.15) is 5.75 Å². The van der Waals surface area contributed by atoms with E-state index in [2.05, 4.69) is 27.9 Å². The maximum Gasteiger partial charge on any atom is 0.328 e. The van der Waals surface area contributed by atoms with Gasteiger partial charge in [0.15, 0.2) is 0 Å². The van der Waals surface area contributed by atoms with Crippen molar-refractivity contribution in [3.63, 3.8) is 0 Å². The second kappa shape index (κ2) is 15.1. The molecule has 3 rings (SSSR count). The van der Waals surface area contributed by atoms with E-state index in [0.29, 0.717) is 37.0 Å². The van der Waals surface area contributed by atoms with Crippen LogP contribution in [-0.2, 0) is 19.2 Å². The van der Waals surface area contributed by atoms with Crippen molar-refractivity contribution in [2.45, 2.75) is 38.3 Å². The summed E-state index contributed by atoms with van der Waals surface area (Å²) in [5, 5.41) is 31.2. The topological polar surface area (TPSA) is 178 Å². The Hall–Kier alpha value is -3.93. The third kappa shape index (κ3) is 11.7. The van der Waals surface area contributed by atoms with Crippen molar-refractivity contribution in [2.24, 2.45) is 0 Å². The second-order valence-electron chi connectivity index (χ2n) is 7.62. The van der Waals surface area contributed by atoms with Gasteiger partial charge in [-0.25, -0.2) is 19.2 Å². The molecule has 0 amide bonds. The summed E-state index contributed by atoms with van der Waals surface area (Å²) in [4.78, 5) is 47.6. The molecule has 2 saturated heterocycles. The number of rotatable bonds is 7. The minimum absolute atomic E-state index is 0.558. The van der Waals surface area contributed by atoms with Crippen LogP contribution in [0.1, 0.15) is 26.2 Å². The maximum absolute atomic E-state index is 9.55. The SMILES string of the molecule is CCOc1cncc(N2CCC3CCC(C2)N3C)c1.O=C(O)C=CC(=O)O.O=C(O)C=CC(=O)O. The molecule has 0 aliphatic carbocycles. The number of ether oxygens (including phenoxy) is 1. The number of carboxylic acids is 4. The fourth-order valence-electron chi connectivity index (χ4n) is 3.65. The predicted octanol–water partition coefficient (Wildman–Crippen LogP) is 1.58. The van der Waals surface area contributed by atoms with Crippen molar-refractivity contribution in [2.75, 3.05) is 31.6 Å². The summed E-state index contributed by atoms with van der Waals surface area (Å²) in [6.07, 6.45) is 9.94. The molecule has 35 heavy (non-hydrogen) atoms. The van der Waals surface area contributed by atoms with Crippen LogP contribution in [0.2, 0.25) is 0 Å². The zero-order valence-electron chi connectivity index (χ0n) is 19.6. The number of nitrogens with zero attached hydrogens (tertiary/aromatic N) is 3. The number of pyridine rings is 1. The molecule has 2 aliphatic heterocycles. The second-order valence-corrected chi connectivity index (χ2v) is 7.62. The highest BCUT2D eigenvalue weighted by Crippen LogP contribution is 2.31. The molecule has 2 atom stereocenters. The Balaban J connectivity index is 0.000000320. The van der Waals surface area contributed by atoms with Crippen LogP contribution in [0.5, 0.6) is 5.75 Å². The van der Waals surface area contributed by atoms with E-state index in [1.54, 1.807) is 6.20 Å². The summed E-state index contributed by atoms with van der Waals surface area (Å²) in [6.45, 7) is 4.94. The highest BCUT2D eigenvalue weighted by molar-refractivity contribution is 5.90. The van der Waals surface area contributed by atoms with Crippen molar-refractivity contribution < 1.29 is 44.3 Å². The number of aliphatic carboxylic acids is 4. The van der Waals surface area contributed by atoms with Gasteiger partial charge in [-0.3, -0.25) is 9.88 Å². The lowest BCUT2D eigenvalue weighted by Crippen LogP contribution is -2.36. The van der Waals surface area contributed by atoms with Crippen molar-refractivity contribution in [3.05, 3.63) is 42.8 Å². The van der Waals surface area contributed by atoms with Crippen LogP contribution in [0.3, 0.4) is 0 Å². The predicted molar refractivity (Wildman–Crippen MR) is 126 cm³/mol. The molecule has 192 valence electrons. The number of aromatic nitrogens is 1. The average molecular weight is 494 g/mol. The third-order valence-corrected chi connectivity index (χ3v) is 5.26. The molecule has 0 aromatic carbocycles. The normalized spacial score (nSPS) is 19.2. The minimum Gasteiger partial charge on any atom is -0.492 e. The summed E-state index contributed by atoms with van der Waals surface area (Å²) in [5.74, 6) is -4.15. The van der Waals surface area contributed by atoms with Crippen LogP contribution in [0, 0.1) is 0 Å². The zero-order chi connectivity index (χ0) is 26.4. The van der Waals surface area contributed by atoms with Gasteiger partial charge >= 0.3 is 23.9 Å². The van der Waals surface area contributed by atoms with Crippen LogP contribution in [0.15, 0.2) is 42.8 Å². The van der Waals surface area contributed by atoms with Gasteiger partial charge in [-0.05, 0) is 33.2 Å². The Bertz CT molecular complexity index is 867. The largest absolute Gasteiger partial charge is 0.492 e. The van der Waals surface area contributed by atoms with Gasteiger partial charge in [-0.1, -0.05) is 0 Å². The first kappa shape index (κ1) is 29.1. The van der Waals surface area contributed by atoms with Gasteiger partial charge in [0.25, 0.3) is 0 Å². The summed E-state index contributed by atoms with van der Waals surface area (Å²) in [7, 11) is 2.28. The van der Waals surface area contributed by atoms with Crippen LogP contribution in [0.25, 0.3) is 0 Å². The molecule has 0 saturated carbocycles. The Morgan fingerprint density at radius 1 is 0.914 bits per heavy atom. The van der Waals surface area contributed by atoms with Crippen molar-refractivity contribution in [1.29, 1.82) is 0 Å². The summed E-state index contributed by atoms with van der Waals surface area (Å²) in [6, 6.07) is 3.59. The molecule has 1 aromatic heterocycles. The minimum atomic E-state index is -1.26. The first-order chi connectivity index (χ1) is 16.5. The van der Waals surface area contributed by atoms with Gasteiger partial charge in [-0.2, -0.15) is 0 Å². The molecular formula is C23H31N3O9. The number of hydrogen-bond acceptors (Lipinski definition) is 8. The molecule has 1 aromatic rings. The molecule has 0 radical (unpaired) electrons. The molecular weight excluding hydrogens is 462 g/mol. The van der Waals surface area contributed by atoms with E-state index < -0.39 is 23.9 Å². The lowest BCUT2D eigenvalue weighted by molar-refractivity contribution is -0.134. The van der Waals surface area contributed by atoms with Gasteiger partial charge < -0.3 is 30.1 Å². The standard InChI is InChI=1S/C15H23N3O.2C4H4O4/c1-3-19-15-8-14(9-16-10-15)18-7-6-12-4-5-13(11-18)17(12)2;2*5-3(6)1-2-4(7)8/h8-10,12-13H,3-7,11H2,1-2H3;2*1-2H,(H,5,6)(H,7,8). The highest BCUT2D eigenvalue weighted by atomic mass is 16.5. The Labute approximate surface area is 202 Å². The summed E-state index contributed by atoms with van der Waals surface area (Å²) >= 11 is 0. The molecule has 2 aliphatic rings. The van der Waals surface area contributed by atoms with Crippen LogP contribution < -0.4 is 9.64 Å². The molecule has 2 bridgehead atoms. The smallest absolute Gasteiger partial charge is 0.328 e. The molecule has 3 heterocycles. The van der Waals surface area contributed by atoms with Crippen LogP contribution in [0.4, 0.5) is 5.69 Å². The third-order valence-electron chi connectivity index (χ3n) is 5.26. The molecule has 2 unspecified atom stereocenters. The number of fused-ring (bicyclic) bond motifs is 2. The molecule has 12 nitrogen and oxygen atoms in total. The number of carboxylic acid groups (broad SMARTS) is 4. The van der Waals surface area contributed by atoms with E-state index in [9.17, 15) is 19.2 Å². The lowest BCUT2D eigenvalue weighted by atomic mass is 10.1. The quantitative estimate of drug-likeness (QED) is 0.404. The van der Waals surface area contributed by atoms with E-state index in [1.807, 2.05) is 13.1 Å². The van der Waals surface area contributed by atoms with Gasteiger partial charge in [0.2, 0.25) is 0 Å². The molecule has 4 N–H and O–H groups in total. The van der Waals surface area contributed by atoms with E-state index >= 15 is 0 Å². The highest BCUT2D eigenvalue weighted by Gasteiger charge is 2.34. The molecule has 2 fully saturated rings. The van der Waals surface area contributed by atoms with Crippen LogP contribution in [-0.4, -0.2) is 93.0 Å². The fraction of sp³-hybridized carbons (Fsp3) is 0.435. The maximum atomic E-state index is 9.55. The van der Waals surface area contributed by atoms with Gasteiger partial charge in [0, 0.05) is 55.5 Å². The summed E-state index contributed by atoms with van der Waals surface area (Å²) in [5.41, 5.74) is 1.20. The number of likely N-dealkylation sites (N-methyl/N-ethyl adjacent to an activating group) is 1.